The Labute approximate surface area is 177 Å². The van der Waals surface area contributed by atoms with Crippen molar-refractivity contribution in [3.8, 4) is 0 Å². The van der Waals surface area contributed by atoms with Gasteiger partial charge in [-0.15, -0.1) is 0 Å². The van der Waals surface area contributed by atoms with Crippen LogP contribution in [0.5, 0.6) is 0 Å². The van der Waals surface area contributed by atoms with Crippen molar-refractivity contribution in [1.29, 1.82) is 0 Å². The standard InChI is InChI=1S/C20H20N4O7/c1-14(2)13-21-22(19(25)15-3-7-17(8-4-15)23(27)28)11-12-31-20(26)16-5-9-18(10-6-16)24(29)30/h3-10,13-14H,11-12H2,1-2H3. The van der Waals surface area contributed by atoms with E-state index in [0.717, 1.165) is 5.01 Å². The van der Waals surface area contributed by atoms with Crippen LogP contribution in [0.4, 0.5) is 11.4 Å². The van der Waals surface area contributed by atoms with Gasteiger partial charge in [0.1, 0.15) is 6.61 Å². The summed E-state index contributed by atoms with van der Waals surface area (Å²) in [7, 11) is 0. The maximum Gasteiger partial charge on any atom is 0.338 e. The van der Waals surface area contributed by atoms with Gasteiger partial charge in [-0.1, -0.05) is 13.8 Å². The lowest BCUT2D eigenvalue weighted by molar-refractivity contribution is -0.385. The van der Waals surface area contributed by atoms with Crippen LogP contribution >= 0.6 is 0 Å². The van der Waals surface area contributed by atoms with E-state index < -0.39 is 21.7 Å². The Morgan fingerprint density at radius 3 is 1.90 bits per heavy atom. The third kappa shape index (κ3) is 6.70. The molecule has 162 valence electrons. The average molecular weight is 428 g/mol. The molecule has 2 aromatic rings. The van der Waals surface area contributed by atoms with Crippen LogP contribution in [0.1, 0.15) is 34.6 Å². The molecule has 0 fully saturated rings. The van der Waals surface area contributed by atoms with Gasteiger partial charge in [-0.2, -0.15) is 5.10 Å². The molecule has 0 bridgehead atoms. The Bertz CT molecular complexity index is 986. The summed E-state index contributed by atoms with van der Waals surface area (Å²) in [5.74, 6) is -1.17. The maximum absolute atomic E-state index is 12.7. The number of rotatable bonds is 9. The van der Waals surface area contributed by atoms with Gasteiger partial charge in [-0.3, -0.25) is 25.0 Å². The smallest absolute Gasteiger partial charge is 0.338 e. The molecule has 0 aliphatic heterocycles. The van der Waals surface area contributed by atoms with Gasteiger partial charge in [0.2, 0.25) is 0 Å². The van der Waals surface area contributed by atoms with E-state index in [1.54, 1.807) is 6.21 Å². The van der Waals surface area contributed by atoms with Crippen molar-refractivity contribution >= 4 is 29.5 Å². The lowest BCUT2D eigenvalue weighted by atomic mass is 10.2. The number of amides is 1. The third-order valence-corrected chi connectivity index (χ3v) is 3.91. The number of hydrazone groups is 1. The summed E-state index contributed by atoms with van der Waals surface area (Å²) in [5.41, 5.74) is 0.0166. The zero-order chi connectivity index (χ0) is 23.0. The summed E-state index contributed by atoms with van der Waals surface area (Å²) in [6, 6.07) is 10.00. The number of nitro benzene ring substituents is 2. The second-order valence-electron chi connectivity index (χ2n) is 6.68. The van der Waals surface area contributed by atoms with E-state index in [0.29, 0.717) is 0 Å². The topological polar surface area (TPSA) is 145 Å². The number of nitro groups is 2. The molecule has 0 heterocycles. The number of carbonyl (C=O) groups is 2. The molecule has 0 radical (unpaired) electrons. The highest BCUT2D eigenvalue weighted by Crippen LogP contribution is 2.15. The summed E-state index contributed by atoms with van der Waals surface area (Å²) < 4.78 is 5.14. The van der Waals surface area contributed by atoms with Crippen LogP contribution in [0, 0.1) is 26.1 Å². The van der Waals surface area contributed by atoms with Crippen LogP contribution in [-0.4, -0.2) is 46.1 Å². The molecular formula is C20H20N4O7. The van der Waals surface area contributed by atoms with Gasteiger partial charge >= 0.3 is 5.97 Å². The fraction of sp³-hybridized carbons (Fsp3) is 0.250. The Morgan fingerprint density at radius 2 is 1.45 bits per heavy atom. The summed E-state index contributed by atoms with van der Waals surface area (Å²) in [4.78, 5) is 45.1. The van der Waals surface area contributed by atoms with Crippen molar-refractivity contribution in [1.82, 2.24) is 5.01 Å². The Balaban J connectivity index is 2.04. The van der Waals surface area contributed by atoms with Crippen LogP contribution in [0.25, 0.3) is 0 Å². The van der Waals surface area contributed by atoms with E-state index in [1.165, 1.54) is 48.5 Å². The molecule has 2 aromatic carbocycles. The first-order valence-corrected chi connectivity index (χ1v) is 9.21. The molecule has 11 heteroatoms. The van der Waals surface area contributed by atoms with E-state index >= 15 is 0 Å². The molecular weight excluding hydrogens is 408 g/mol. The maximum atomic E-state index is 12.7. The quantitative estimate of drug-likeness (QED) is 0.257. The minimum atomic E-state index is -0.703. The summed E-state index contributed by atoms with van der Waals surface area (Å²) in [6.45, 7) is 3.50. The lowest BCUT2D eigenvalue weighted by Crippen LogP contribution is -2.30. The fourth-order valence-electron chi connectivity index (χ4n) is 2.33. The highest BCUT2D eigenvalue weighted by atomic mass is 16.6. The first kappa shape index (κ1) is 23.1. The Morgan fingerprint density at radius 1 is 0.968 bits per heavy atom. The van der Waals surface area contributed by atoms with E-state index in [9.17, 15) is 29.8 Å². The predicted molar refractivity (Wildman–Crippen MR) is 111 cm³/mol. The zero-order valence-corrected chi connectivity index (χ0v) is 16.8. The molecule has 1 amide bonds. The average Bonchev–Trinajstić information content (AvgIpc) is 2.75. The van der Waals surface area contributed by atoms with Crippen molar-refractivity contribution in [2.24, 2.45) is 11.0 Å². The van der Waals surface area contributed by atoms with Crippen molar-refractivity contribution in [3.63, 3.8) is 0 Å². The monoisotopic (exact) mass is 428 g/mol. The number of benzene rings is 2. The molecule has 0 unspecified atom stereocenters. The molecule has 0 saturated carbocycles. The second kappa shape index (κ2) is 10.6. The van der Waals surface area contributed by atoms with Crippen LogP contribution in [0.2, 0.25) is 0 Å². The van der Waals surface area contributed by atoms with Crippen LogP contribution in [0.15, 0.2) is 53.6 Å². The minimum absolute atomic E-state index is 0.0508. The first-order valence-electron chi connectivity index (χ1n) is 9.21. The molecule has 0 spiro atoms. The van der Waals surface area contributed by atoms with Crippen molar-refractivity contribution in [2.45, 2.75) is 13.8 Å². The van der Waals surface area contributed by atoms with E-state index in [1.807, 2.05) is 13.8 Å². The number of carbonyl (C=O) groups excluding carboxylic acids is 2. The number of hydrogen-bond donors (Lipinski definition) is 0. The summed E-state index contributed by atoms with van der Waals surface area (Å²) in [5, 5.41) is 26.7. The fourth-order valence-corrected chi connectivity index (χ4v) is 2.33. The molecule has 0 aromatic heterocycles. The molecule has 2 rings (SSSR count). The molecule has 0 aliphatic rings. The first-order chi connectivity index (χ1) is 14.7. The lowest BCUT2D eigenvalue weighted by Gasteiger charge is -2.17. The zero-order valence-electron chi connectivity index (χ0n) is 16.8. The molecule has 0 atom stereocenters. The van der Waals surface area contributed by atoms with Crippen LogP contribution < -0.4 is 0 Å². The van der Waals surface area contributed by atoms with E-state index in [-0.39, 0.29) is 41.6 Å². The van der Waals surface area contributed by atoms with Gasteiger partial charge in [0.15, 0.2) is 0 Å². The normalized spacial score (nSPS) is 10.8. The van der Waals surface area contributed by atoms with Gasteiger partial charge < -0.3 is 4.74 Å². The van der Waals surface area contributed by atoms with Gasteiger partial charge in [0, 0.05) is 36.0 Å². The Kier molecular flexibility index (Phi) is 7.89. The van der Waals surface area contributed by atoms with Gasteiger partial charge in [-0.25, -0.2) is 9.80 Å². The Hall–Kier alpha value is -4.15. The summed E-state index contributed by atoms with van der Waals surface area (Å²) in [6.07, 6.45) is 1.54. The predicted octanol–water partition coefficient (Wildman–Crippen LogP) is 3.44. The van der Waals surface area contributed by atoms with Gasteiger partial charge in [0.05, 0.1) is 22.0 Å². The van der Waals surface area contributed by atoms with Gasteiger partial charge in [-0.05, 0) is 30.2 Å². The molecule has 0 saturated heterocycles. The van der Waals surface area contributed by atoms with Crippen LogP contribution in [-0.2, 0) is 4.74 Å². The summed E-state index contributed by atoms with van der Waals surface area (Å²) >= 11 is 0. The molecule has 0 aliphatic carbocycles. The van der Waals surface area contributed by atoms with Crippen LogP contribution in [0.3, 0.4) is 0 Å². The third-order valence-electron chi connectivity index (χ3n) is 3.91. The largest absolute Gasteiger partial charge is 0.460 e. The second-order valence-corrected chi connectivity index (χ2v) is 6.68. The molecule has 31 heavy (non-hydrogen) atoms. The van der Waals surface area contributed by atoms with Gasteiger partial charge in [0.25, 0.3) is 17.3 Å². The number of nitrogens with zero attached hydrogens (tertiary/aromatic N) is 4. The highest BCUT2D eigenvalue weighted by Gasteiger charge is 2.18. The van der Waals surface area contributed by atoms with E-state index in [4.69, 9.17) is 4.74 Å². The molecule has 0 N–H and O–H groups in total. The van der Waals surface area contributed by atoms with Crippen molar-refractivity contribution in [2.75, 3.05) is 13.2 Å². The number of ether oxygens (including phenoxy) is 1. The molecule has 11 nitrogen and oxygen atoms in total. The van der Waals surface area contributed by atoms with Crippen molar-refractivity contribution < 1.29 is 24.2 Å². The van der Waals surface area contributed by atoms with Crippen molar-refractivity contribution in [3.05, 3.63) is 79.9 Å². The number of hydrogen-bond acceptors (Lipinski definition) is 8. The number of non-ortho nitro benzene ring substituents is 2. The van der Waals surface area contributed by atoms with E-state index in [2.05, 4.69) is 5.10 Å². The minimum Gasteiger partial charge on any atom is -0.460 e. The highest BCUT2D eigenvalue weighted by molar-refractivity contribution is 5.94. The number of esters is 1. The SMILES string of the molecule is CC(C)C=NN(CCOC(=O)c1ccc([N+](=O)[O-])cc1)C(=O)c1ccc([N+](=O)[O-])cc1.